The van der Waals surface area contributed by atoms with Crippen LogP contribution in [0.15, 0.2) is 42.5 Å². The van der Waals surface area contributed by atoms with Crippen LogP contribution in [0, 0.1) is 0 Å². The predicted molar refractivity (Wildman–Crippen MR) is 113 cm³/mol. The number of hydrogen-bond donors (Lipinski definition) is 6. The van der Waals surface area contributed by atoms with Gasteiger partial charge in [0.25, 0.3) is 0 Å². The van der Waals surface area contributed by atoms with Crippen LogP contribution in [0.5, 0.6) is 5.75 Å². The molecule has 0 aromatic heterocycles. The van der Waals surface area contributed by atoms with Crippen LogP contribution in [0.3, 0.4) is 0 Å². The maximum Gasteiger partial charge on any atom is 0.547 e. The number of amides is 2. The standard InChI is InChI=1S/C19H17BF3N2O9P/c21-19(22,23)18(29)25-14(9-4-6-11(7-5-9)35(31,32)33)16(26)24-13-8-10-2-1-3-12(17(27)28)15(10)34-20(13)30/h1-7,13-14,30H,8H2,(H,24,26)(H,25,29)(H,27,28)(H2,31,32,33)/t13-,14?/m0/s1. The van der Waals surface area contributed by atoms with Crippen molar-refractivity contribution in [2.45, 2.75) is 24.6 Å². The fourth-order valence-electron chi connectivity index (χ4n) is 3.36. The van der Waals surface area contributed by atoms with Gasteiger partial charge in [0.1, 0.15) is 11.8 Å². The van der Waals surface area contributed by atoms with Crippen molar-refractivity contribution in [2.24, 2.45) is 0 Å². The van der Waals surface area contributed by atoms with Crippen molar-refractivity contribution in [3.05, 3.63) is 59.2 Å². The lowest BCUT2D eigenvalue weighted by atomic mass is 9.72. The highest BCUT2D eigenvalue weighted by molar-refractivity contribution is 7.60. The highest BCUT2D eigenvalue weighted by Gasteiger charge is 2.43. The largest absolute Gasteiger partial charge is 0.547 e. The highest BCUT2D eigenvalue weighted by atomic mass is 31.2. The molecule has 35 heavy (non-hydrogen) atoms. The molecule has 16 heteroatoms. The van der Waals surface area contributed by atoms with Gasteiger partial charge < -0.3 is 35.2 Å². The van der Waals surface area contributed by atoms with E-state index in [1.165, 1.54) is 23.5 Å². The molecule has 2 atom stereocenters. The summed E-state index contributed by atoms with van der Waals surface area (Å²) in [6.45, 7) is 0. The summed E-state index contributed by atoms with van der Waals surface area (Å²) in [5, 5.41) is 22.8. The monoisotopic (exact) mass is 516 g/mol. The third-order valence-corrected chi connectivity index (χ3v) is 6.01. The lowest BCUT2D eigenvalue weighted by Crippen LogP contribution is -2.56. The summed E-state index contributed by atoms with van der Waals surface area (Å²) in [6.07, 6.45) is -5.50. The van der Waals surface area contributed by atoms with Crippen molar-refractivity contribution in [3.63, 3.8) is 0 Å². The first-order valence-corrected chi connectivity index (χ1v) is 11.3. The highest BCUT2D eigenvalue weighted by Crippen LogP contribution is 2.34. The average molecular weight is 516 g/mol. The maximum atomic E-state index is 12.9. The molecule has 1 unspecified atom stereocenters. The zero-order valence-electron chi connectivity index (χ0n) is 17.4. The molecule has 1 aliphatic rings. The Bertz CT molecular complexity index is 1200. The Morgan fingerprint density at radius 3 is 2.29 bits per heavy atom. The third kappa shape index (κ3) is 6.00. The van der Waals surface area contributed by atoms with Crippen LogP contribution in [0.25, 0.3) is 0 Å². The van der Waals surface area contributed by atoms with Crippen molar-refractivity contribution < 1.29 is 56.7 Å². The van der Waals surface area contributed by atoms with Gasteiger partial charge in [-0.15, -0.1) is 0 Å². The topological polar surface area (TPSA) is 182 Å². The molecule has 0 fully saturated rings. The number of rotatable bonds is 6. The first-order chi connectivity index (χ1) is 16.2. The van der Waals surface area contributed by atoms with Gasteiger partial charge in [0.2, 0.25) is 5.91 Å². The Hall–Kier alpha value is -3.39. The van der Waals surface area contributed by atoms with Gasteiger partial charge in [-0.2, -0.15) is 13.2 Å². The van der Waals surface area contributed by atoms with Crippen molar-refractivity contribution >= 4 is 37.8 Å². The van der Waals surface area contributed by atoms with E-state index in [9.17, 15) is 52.0 Å². The SMILES string of the molecule is O=C(O)c1cccc2c1OB(O)[C@@H](NC(=O)C(NC(=O)C(F)(F)F)c1ccc(P(=O)(O)O)cc1)C2. The van der Waals surface area contributed by atoms with E-state index in [2.05, 4.69) is 5.32 Å². The van der Waals surface area contributed by atoms with E-state index in [1.807, 2.05) is 0 Å². The smallest absolute Gasteiger partial charge is 0.534 e. The van der Waals surface area contributed by atoms with Crippen molar-refractivity contribution in [1.29, 1.82) is 0 Å². The van der Waals surface area contributed by atoms with Crippen LogP contribution in [0.4, 0.5) is 13.2 Å². The van der Waals surface area contributed by atoms with Crippen molar-refractivity contribution in [3.8, 4) is 5.75 Å². The number of hydrogen-bond acceptors (Lipinski definition) is 6. The van der Waals surface area contributed by atoms with Crippen LogP contribution in [0.1, 0.15) is 27.5 Å². The number of fused-ring (bicyclic) bond motifs is 1. The van der Waals surface area contributed by atoms with Gasteiger partial charge in [0.05, 0.1) is 16.8 Å². The quantitative estimate of drug-likeness (QED) is 0.228. The Labute approximate surface area is 195 Å². The van der Waals surface area contributed by atoms with Gasteiger partial charge in [-0.3, -0.25) is 14.2 Å². The van der Waals surface area contributed by atoms with E-state index < -0.39 is 56.0 Å². The van der Waals surface area contributed by atoms with Gasteiger partial charge >= 0.3 is 32.8 Å². The zero-order chi connectivity index (χ0) is 26.1. The molecule has 2 aromatic carbocycles. The molecule has 2 aromatic rings. The summed E-state index contributed by atoms with van der Waals surface area (Å²) in [7, 11) is -6.46. The molecule has 0 bridgehead atoms. The minimum absolute atomic E-state index is 0.132. The number of halogens is 3. The lowest BCUT2D eigenvalue weighted by Gasteiger charge is -2.30. The number of nitrogens with one attached hydrogen (secondary N) is 2. The number of aromatic carboxylic acids is 1. The van der Waals surface area contributed by atoms with Gasteiger partial charge in [0, 0.05) is 0 Å². The van der Waals surface area contributed by atoms with Gasteiger partial charge in [-0.1, -0.05) is 24.3 Å². The Kier molecular flexibility index (Phi) is 7.27. The lowest BCUT2D eigenvalue weighted by molar-refractivity contribution is -0.174. The van der Waals surface area contributed by atoms with Gasteiger partial charge in [-0.25, -0.2) is 4.79 Å². The molecule has 1 heterocycles. The summed E-state index contributed by atoms with van der Waals surface area (Å²) >= 11 is 0. The summed E-state index contributed by atoms with van der Waals surface area (Å²) in [4.78, 5) is 54.1. The van der Waals surface area contributed by atoms with Crippen LogP contribution in [0.2, 0.25) is 0 Å². The Morgan fingerprint density at radius 2 is 1.74 bits per heavy atom. The number of benzene rings is 2. The van der Waals surface area contributed by atoms with Crippen molar-refractivity contribution in [1.82, 2.24) is 10.6 Å². The fraction of sp³-hybridized carbons (Fsp3) is 0.211. The van der Waals surface area contributed by atoms with Crippen LogP contribution in [-0.4, -0.2) is 56.9 Å². The number of carbonyl (C=O) groups excluding carboxylic acids is 2. The molecule has 0 radical (unpaired) electrons. The molecule has 0 saturated carbocycles. The summed E-state index contributed by atoms with van der Waals surface area (Å²) in [5.74, 6) is -6.34. The second-order valence-corrected chi connectivity index (χ2v) is 9.07. The minimum Gasteiger partial charge on any atom is -0.534 e. The van der Waals surface area contributed by atoms with Gasteiger partial charge in [-0.05, 0) is 35.7 Å². The molecule has 1 aliphatic heterocycles. The van der Waals surface area contributed by atoms with Crippen LogP contribution < -0.4 is 20.6 Å². The summed E-state index contributed by atoms with van der Waals surface area (Å²) in [6, 6.07) is 5.82. The molecule has 186 valence electrons. The Morgan fingerprint density at radius 1 is 1.11 bits per heavy atom. The van der Waals surface area contributed by atoms with Crippen LogP contribution >= 0.6 is 7.60 Å². The maximum absolute atomic E-state index is 12.9. The summed E-state index contributed by atoms with van der Waals surface area (Å²) in [5.41, 5.74) is -0.189. The number of carbonyl (C=O) groups is 3. The predicted octanol–water partition coefficient (Wildman–Crippen LogP) is 0.0470. The molecule has 0 spiro atoms. The number of carboxylic acids is 1. The average Bonchev–Trinajstić information content (AvgIpc) is 2.76. The van der Waals surface area contributed by atoms with E-state index in [0.29, 0.717) is 5.56 Å². The number of para-hydroxylation sites is 1. The molecule has 0 aliphatic carbocycles. The second kappa shape index (κ2) is 9.70. The van der Waals surface area contributed by atoms with Gasteiger partial charge in [0.15, 0.2) is 0 Å². The van der Waals surface area contributed by atoms with Crippen molar-refractivity contribution in [2.75, 3.05) is 0 Å². The first kappa shape index (κ1) is 26.2. The molecule has 2 amide bonds. The molecule has 3 rings (SSSR count). The fourth-order valence-corrected chi connectivity index (χ4v) is 3.89. The van der Waals surface area contributed by atoms with E-state index in [-0.39, 0.29) is 23.3 Å². The molecule has 11 nitrogen and oxygen atoms in total. The number of alkyl halides is 3. The summed E-state index contributed by atoms with van der Waals surface area (Å²) < 4.78 is 55.1. The number of carboxylic acid groups (broad SMARTS) is 1. The van der Waals surface area contributed by atoms with E-state index in [0.717, 1.165) is 24.3 Å². The third-order valence-electron chi connectivity index (χ3n) is 5.04. The molecule has 0 saturated heterocycles. The molecule has 6 N–H and O–H groups in total. The zero-order valence-corrected chi connectivity index (χ0v) is 18.3. The normalized spacial score (nSPS) is 16.5. The van der Waals surface area contributed by atoms with Crippen LogP contribution in [-0.2, 0) is 20.6 Å². The van der Waals surface area contributed by atoms with E-state index in [1.54, 1.807) is 0 Å². The Balaban J connectivity index is 1.87. The minimum atomic E-state index is -5.34. The molecular formula is C19H17BF3N2O9P. The van der Waals surface area contributed by atoms with E-state index in [4.69, 9.17) is 4.65 Å². The second-order valence-electron chi connectivity index (χ2n) is 7.47. The van der Waals surface area contributed by atoms with E-state index >= 15 is 0 Å². The first-order valence-electron chi connectivity index (χ1n) is 9.72. The molecular weight excluding hydrogens is 499 g/mol.